The number of nitrogens with one attached hydrogen (secondary N) is 2. The number of hydroxylamine groups is 1. The summed E-state index contributed by atoms with van der Waals surface area (Å²) in [5.41, 5.74) is 2.42. The number of amides is 2. The minimum absolute atomic E-state index is 0.0564. The van der Waals surface area contributed by atoms with Crippen LogP contribution in [0.1, 0.15) is 29.3 Å². The first kappa shape index (κ1) is 22.5. The van der Waals surface area contributed by atoms with Crippen molar-refractivity contribution in [2.75, 3.05) is 33.7 Å². The van der Waals surface area contributed by atoms with Gasteiger partial charge in [-0.1, -0.05) is 0 Å². The van der Waals surface area contributed by atoms with E-state index in [9.17, 15) is 9.59 Å². The number of hydrogen-bond donors (Lipinski definition) is 3. The van der Waals surface area contributed by atoms with E-state index in [0.29, 0.717) is 17.7 Å². The first-order valence-corrected chi connectivity index (χ1v) is 8.45. The van der Waals surface area contributed by atoms with Crippen LogP contribution in [0, 0.1) is 17.2 Å². The fraction of sp³-hybridized carbons (Fsp3) is 0.500. The molecule has 0 aliphatic rings. The van der Waals surface area contributed by atoms with Crippen LogP contribution in [0.15, 0.2) is 24.3 Å². The minimum Gasteiger partial charge on any atom is -0.384 e. The predicted octanol–water partition coefficient (Wildman–Crippen LogP) is 0.825. The maximum atomic E-state index is 12.5. The molecule has 0 saturated heterocycles. The van der Waals surface area contributed by atoms with Gasteiger partial charge in [-0.25, -0.2) is 5.48 Å². The highest BCUT2D eigenvalue weighted by molar-refractivity contribution is 5.94. The molecule has 0 aliphatic carbocycles. The van der Waals surface area contributed by atoms with E-state index in [1.807, 2.05) is 13.0 Å². The van der Waals surface area contributed by atoms with Gasteiger partial charge in [0.2, 0.25) is 5.91 Å². The quantitative estimate of drug-likeness (QED) is 0.212. The van der Waals surface area contributed by atoms with E-state index < -0.39 is 17.9 Å². The van der Waals surface area contributed by atoms with E-state index in [4.69, 9.17) is 24.7 Å². The van der Waals surface area contributed by atoms with Crippen molar-refractivity contribution in [2.24, 2.45) is 5.92 Å². The van der Waals surface area contributed by atoms with E-state index in [1.165, 1.54) is 7.11 Å². The van der Waals surface area contributed by atoms with Crippen LogP contribution in [-0.4, -0.2) is 56.8 Å². The number of ether oxygens (including phenoxy) is 3. The van der Waals surface area contributed by atoms with Gasteiger partial charge in [-0.05, 0) is 37.6 Å². The van der Waals surface area contributed by atoms with Crippen molar-refractivity contribution in [3.05, 3.63) is 35.4 Å². The molecular formula is C18H25N3O6. The smallest absolute Gasteiger partial charge is 0.251 e. The van der Waals surface area contributed by atoms with Gasteiger partial charge in [-0.15, -0.1) is 0 Å². The van der Waals surface area contributed by atoms with Crippen molar-refractivity contribution in [2.45, 2.75) is 19.4 Å². The minimum atomic E-state index is -0.679. The molecule has 0 radical (unpaired) electrons. The number of methoxy groups -OCH3 is 1. The highest BCUT2D eigenvalue weighted by Gasteiger charge is 2.24. The molecule has 9 nitrogen and oxygen atoms in total. The summed E-state index contributed by atoms with van der Waals surface area (Å²) in [6.45, 7) is 2.55. The summed E-state index contributed by atoms with van der Waals surface area (Å²) in [4.78, 5) is 24.3. The molecule has 0 aromatic heterocycles. The molecule has 2 atom stereocenters. The van der Waals surface area contributed by atoms with Crippen LogP contribution < -0.4 is 10.8 Å². The van der Waals surface area contributed by atoms with E-state index in [1.54, 1.807) is 29.7 Å². The van der Waals surface area contributed by atoms with Gasteiger partial charge in [0.25, 0.3) is 5.91 Å². The Morgan fingerprint density at radius 3 is 2.48 bits per heavy atom. The fourth-order valence-corrected chi connectivity index (χ4v) is 2.35. The molecule has 0 fully saturated rings. The molecule has 0 unspecified atom stereocenters. The van der Waals surface area contributed by atoms with Crippen LogP contribution >= 0.6 is 0 Å². The van der Waals surface area contributed by atoms with E-state index in [2.05, 4.69) is 5.32 Å². The molecule has 27 heavy (non-hydrogen) atoms. The van der Waals surface area contributed by atoms with Gasteiger partial charge in [0.1, 0.15) is 6.79 Å². The molecule has 0 spiro atoms. The van der Waals surface area contributed by atoms with Crippen LogP contribution in [0.3, 0.4) is 0 Å². The molecule has 148 valence electrons. The van der Waals surface area contributed by atoms with E-state index in [-0.39, 0.29) is 32.3 Å². The molecule has 0 saturated carbocycles. The highest BCUT2D eigenvalue weighted by atomic mass is 16.7. The zero-order valence-corrected chi connectivity index (χ0v) is 15.4. The summed E-state index contributed by atoms with van der Waals surface area (Å²) in [5.74, 6) is -1.66. The number of carbonyl (C=O) groups is 2. The van der Waals surface area contributed by atoms with Crippen LogP contribution in [0.25, 0.3) is 0 Å². The summed E-state index contributed by atoms with van der Waals surface area (Å²) in [5, 5.41) is 20.5. The number of carbonyl (C=O) groups excluding carboxylic acids is 2. The van der Waals surface area contributed by atoms with Crippen molar-refractivity contribution >= 4 is 11.8 Å². The molecule has 0 heterocycles. The molecule has 1 aromatic rings. The number of nitrogens with zero attached hydrogens (tertiary/aromatic N) is 1. The van der Waals surface area contributed by atoms with Gasteiger partial charge in [0, 0.05) is 19.3 Å². The third-order valence-corrected chi connectivity index (χ3v) is 3.72. The van der Waals surface area contributed by atoms with E-state index in [0.717, 1.165) is 0 Å². The van der Waals surface area contributed by atoms with Crippen molar-refractivity contribution in [1.29, 1.82) is 5.26 Å². The third-order valence-electron chi connectivity index (χ3n) is 3.72. The maximum Gasteiger partial charge on any atom is 0.251 e. The normalized spacial score (nSPS) is 12.7. The average Bonchev–Trinajstić information content (AvgIpc) is 2.70. The molecule has 3 N–H and O–H groups in total. The van der Waals surface area contributed by atoms with Gasteiger partial charge in [-0.3, -0.25) is 14.8 Å². The Labute approximate surface area is 158 Å². The number of benzene rings is 1. The molecule has 2 amide bonds. The van der Waals surface area contributed by atoms with Gasteiger partial charge >= 0.3 is 0 Å². The van der Waals surface area contributed by atoms with Gasteiger partial charge < -0.3 is 19.5 Å². The summed E-state index contributed by atoms with van der Waals surface area (Å²) in [6.07, 6.45) is 0.189. The van der Waals surface area contributed by atoms with Crippen molar-refractivity contribution in [3.8, 4) is 6.07 Å². The molecule has 1 rings (SSSR count). The van der Waals surface area contributed by atoms with Crippen LogP contribution in [-0.2, 0) is 19.0 Å². The Kier molecular flexibility index (Phi) is 10.7. The second kappa shape index (κ2) is 12.8. The van der Waals surface area contributed by atoms with Gasteiger partial charge in [-0.2, -0.15) is 5.26 Å². The predicted molar refractivity (Wildman–Crippen MR) is 94.8 cm³/mol. The Balaban J connectivity index is 2.80. The lowest BCUT2D eigenvalue weighted by molar-refractivity contribution is -0.135. The monoisotopic (exact) mass is 379 g/mol. The van der Waals surface area contributed by atoms with Crippen molar-refractivity contribution < 1.29 is 29.0 Å². The molecule has 9 heteroatoms. The fourth-order valence-electron chi connectivity index (χ4n) is 2.35. The van der Waals surface area contributed by atoms with Crippen molar-refractivity contribution in [1.82, 2.24) is 10.8 Å². The van der Waals surface area contributed by atoms with Crippen LogP contribution in [0.4, 0.5) is 0 Å². The van der Waals surface area contributed by atoms with Crippen molar-refractivity contribution in [3.63, 3.8) is 0 Å². The lowest BCUT2D eigenvalue weighted by Crippen LogP contribution is -2.43. The lowest BCUT2D eigenvalue weighted by Gasteiger charge is -2.23. The first-order valence-electron chi connectivity index (χ1n) is 8.45. The average molecular weight is 379 g/mol. The van der Waals surface area contributed by atoms with Crippen LogP contribution in [0.2, 0.25) is 0 Å². The molecule has 0 aliphatic heterocycles. The summed E-state index contributed by atoms with van der Waals surface area (Å²) in [6, 6.07) is 7.63. The van der Waals surface area contributed by atoms with Gasteiger partial charge in [0.15, 0.2) is 0 Å². The largest absolute Gasteiger partial charge is 0.384 e. The number of hydrogen-bond acceptors (Lipinski definition) is 7. The number of rotatable bonds is 12. The van der Waals surface area contributed by atoms with Gasteiger partial charge in [0.05, 0.1) is 36.8 Å². The topological polar surface area (TPSA) is 130 Å². The Bertz CT molecular complexity index is 629. The van der Waals surface area contributed by atoms with Crippen LogP contribution in [0.5, 0.6) is 0 Å². The zero-order valence-electron chi connectivity index (χ0n) is 15.4. The SMILES string of the molecule is CCOCOC[C@@H](C[C@@H](COC)C(=O)NO)NC(=O)c1ccc(C#N)cc1. The third kappa shape index (κ3) is 8.15. The second-order valence-electron chi connectivity index (χ2n) is 5.71. The summed E-state index contributed by atoms with van der Waals surface area (Å²) < 4.78 is 15.5. The second-order valence-corrected chi connectivity index (χ2v) is 5.71. The summed E-state index contributed by atoms with van der Waals surface area (Å²) in [7, 11) is 1.44. The zero-order chi connectivity index (χ0) is 20.1. The molecule has 1 aromatic carbocycles. The summed E-state index contributed by atoms with van der Waals surface area (Å²) >= 11 is 0. The molecular weight excluding hydrogens is 354 g/mol. The molecule has 0 bridgehead atoms. The maximum absolute atomic E-state index is 12.5. The number of nitriles is 1. The lowest BCUT2D eigenvalue weighted by atomic mass is 9.99. The Hall–Kier alpha value is -2.51. The standard InChI is InChI=1S/C18H25N3O6/c1-3-26-12-27-11-16(8-15(10-25-2)18(23)21-24)20-17(22)14-6-4-13(9-19)5-7-14/h4-7,15-16,24H,3,8,10-12H2,1-2H3,(H,20,22)(H,21,23)/t15-,16+/m0/s1. The highest BCUT2D eigenvalue weighted by Crippen LogP contribution is 2.11. The first-order chi connectivity index (χ1) is 13.0. The Morgan fingerprint density at radius 1 is 1.22 bits per heavy atom. The van der Waals surface area contributed by atoms with E-state index >= 15 is 0 Å². The Morgan fingerprint density at radius 2 is 1.93 bits per heavy atom.